The Bertz CT molecular complexity index is 1480. The quantitative estimate of drug-likeness (QED) is 0.400. The summed E-state index contributed by atoms with van der Waals surface area (Å²) in [7, 11) is 0. The molecule has 3 heterocycles. The van der Waals surface area contributed by atoms with Crippen molar-refractivity contribution >= 4 is 5.78 Å². The Hall–Kier alpha value is -3.80. The zero-order valence-corrected chi connectivity index (χ0v) is 21.2. The molecule has 190 valence electrons. The fraction of sp³-hybridized carbons (Fsp3) is 0.379. The molecule has 8 heteroatoms. The first-order valence-corrected chi connectivity index (χ1v) is 13.0. The molecule has 5 rings (SSSR count). The van der Waals surface area contributed by atoms with E-state index in [4.69, 9.17) is 0 Å². The summed E-state index contributed by atoms with van der Waals surface area (Å²) in [5.41, 5.74) is 4.78. The van der Waals surface area contributed by atoms with E-state index in [1.54, 1.807) is 0 Å². The van der Waals surface area contributed by atoms with Crippen LogP contribution in [0.1, 0.15) is 54.6 Å². The number of benzene rings is 2. The van der Waals surface area contributed by atoms with E-state index in [1.165, 1.54) is 6.33 Å². The van der Waals surface area contributed by atoms with Crippen LogP contribution in [-0.4, -0.2) is 55.4 Å². The van der Waals surface area contributed by atoms with E-state index in [0.29, 0.717) is 36.3 Å². The van der Waals surface area contributed by atoms with Crippen LogP contribution in [0, 0.1) is 11.3 Å². The van der Waals surface area contributed by atoms with E-state index in [2.05, 4.69) is 28.0 Å². The number of hydrogen-bond acceptors (Lipinski definition) is 6. The highest BCUT2D eigenvalue weighted by atomic mass is 16.3. The number of aromatic nitrogens is 4. The van der Waals surface area contributed by atoms with Crippen molar-refractivity contribution in [3.05, 3.63) is 87.6 Å². The summed E-state index contributed by atoms with van der Waals surface area (Å²) in [6, 6.07) is 18.2. The van der Waals surface area contributed by atoms with Crippen molar-refractivity contribution < 1.29 is 5.11 Å². The van der Waals surface area contributed by atoms with E-state index >= 15 is 0 Å². The normalized spacial score (nSPS) is 14.7. The molecule has 2 aromatic heterocycles. The Morgan fingerprint density at radius 2 is 1.89 bits per heavy atom. The summed E-state index contributed by atoms with van der Waals surface area (Å²) >= 11 is 0. The fourth-order valence-electron chi connectivity index (χ4n) is 5.55. The van der Waals surface area contributed by atoms with Crippen LogP contribution in [0.3, 0.4) is 0 Å². The van der Waals surface area contributed by atoms with Gasteiger partial charge in [0.25, 0.3) is 5.56 Å². The zero-order chi connectivity index (χ0) is 25.8. The lowest BCUT2D eigenvalue weighted by Gasteiger charge is -2.32. The third kappa shape index (κ3) is 4.80. The Balaban J connectivity index is 1.62. The van der Waals surface area contributed by atoms with Crippen molar-refractivity contribution in [1.29, 1.82) is 5.26 Å². The lowest BCUT2D eigenvalue weighted by molar-refractivity contribution is 0.149. The van der Waals surface area contributed by atoms with Gasteiger partial charge in [-0.05, 0) is 36.0 Å². The van der Waals surface area contributed by atoms with Crippen molar-refractivity contribution in [1.82, 2.24) is 24.1 Å². The number of piperidine rings is 1. The number of nitriles is 1. The molecule has 0 spiro atoms. The first kappa shape index (κ1) is 24.9. The summed E-state index contributed by atoms with van der Waals surface area (Å²) in [5, 5.41) is 24.0. The number of rotatable bonds is 8. The number of nitrogens with zero attached hydrogens (tertiary/aromatic N) is 6. The van der Waals surface area contributed by atoms with Crippen molar-refractivity contribution in [2.45, 2.75) is 45.1 Å². The third-order valence-corrected chi connectivity index (χ3v) is 7.37. The lowest BCUT2D eigenvalue weighted by Crippen LogP contribution is -2.40. The molecule has 1 aliphatic rings. The maximum atomic E-state index is 14.2. The highest BCUT2D eigenvalue weighted by Gasteiger charge is 2.27. The minimum Gasteiger partial charge on any atom is -0.395 e. The highest BCUT2D eigenvalue weighted by Crippen LogP contribution is 2.29. The first-order chi connectivity index (χ1) is 18.2. The van der Waals surface area contributed by atoms with Crippen molar-refractivity contribution in [3.63, 3.8) is 0 Å². The Labute approximate surface area is 216 Å². The molecule has 0 radical (unpaired) electrons. The number of aliphatic hydroxyl groups excluding tert-OH is 1. The number of aryl methyl sites for hydroxylation is 1. The van der Waals surface area contributed by atoms with Crippen molar-refractivity contribution in [3.8, 4) is 17.2 Å². The van der Waals surface area contributed by atoms with Crippen LogP contribution in [0.4, 0.5) is 0 Å². The topological polar surface area (TPSA) is 99.5 Å². The lowest BCUT2D eigenvalue weighted by atomic mass is 9.92. The number of fused-ring (bicyclic) bond motifs is 1. The van der Waals surface area contributed by atoms with Gasteiger partial charge in [-0.1, -0.05) is 61.9 Å². The largest absolute Gasteiger partial charge is 0.395 e. The first-order valence-electron chi connectivity index (χ1n) is 13.0. The van der Waals surface area contributed by atoms with Crippen molar-refractivity contribution in [2.75, 3.05) is 26.2 Å². The molecule has 0 aliphatic carbocycles. The van der Waals surface area contributed by atoms with Gasteiger partial charge in [0.1, 0.15) is 12.4 Å². The summed E-state index contributed by atoms with van der Waals surface area (Å²) in [6.45, 7) is 4.52. The predicted molar refractivity (Wildman–Crippen MR) is 142 cm³/mol. The average Bonchev–Trinajstić information content (AvgIpc) is 3.41. The van der Waals surface area contributed by atoms with Gasteiger partial charge in [0, 0.05) is 37.7 Å². The highest BCUT2D eigenvalue weighted by molar-refractivity contribution is 5.72. The Morgan fingerprint density at radius 1 is 1.11 bits per heavy atom. The van der Waals surface area contributed by atoms with Gasteiger partial charge in [-0.15, -0.1) is 0 Å². The van der Waals surface area contributed by atoms with Crippen LogP contribution in [-0.2, 0) is 12.8 Å². The third-order valence-electron chi connectivity index (χ3n) is 7.37. The van der Waals surface area contributed by atoms with Crippen LogP contribution >= 0.6 is 0 Å². The summed E-state index contributed by atoms with van der Waals surface area (Å²) in [5.74, 6) is 0.580. The average molecular weight is 497 g/mol. The molecule has 37 heavy (non-hydrogen) atoms. The molecule has 4 aromatic rings. The molecule has 1 saturated heterocycles. The summed E-state index contributed by atoms with van der Waals surface area (Å²) in [4.78, 5) is 20.9. The van der Waals surface area contributed by atoms with Crippen LogP contribution in [0.25, 0.3) is 16.9 Å². The van der Waals surface area contributed by atoms with E-state index in [0.717, 1.165) is 54.7 Å². The van der Waals surface area contributed by atoms with Gasteiger partial charge in [-0.2, -0.15) is 15.3 Å². The maximum absolute atomic E-state index is 14.2. The smallest absolute Gasteiger partial charge is 0.259 e. The predicted octanol–water partition coefficient (Wildman–Crippen LogP) is 3.60. The molecule has 0 bridgehead atoms. The molecular weight excluding hydrogens is 464 g/mol. The zero-order valence-electron chi connectivity index (χ0n) is 21.2. The van der Waals surface area contributed by atoms with Gasteiger partial charge in [0.05, 0.1) is 17.9 Å². The second kappa shape index (κ2) is 11.1. The van der Waals surface area contributed by atoms with Crippen LogP contribution < -0.4 is 5.56 Å². The maximum Gasteiger partial charge on any atom is 0.259 e. The molecule has 0 unspecified atom stereocenters. The minimum atomic E-state index is -0.0430. The Morgan fingerprint density at radius 3 is 2.59 bits per heavy atom. The summed E-state index contributed by atoms with van der Waals surface area (Å²) < 4.78 is 3.65. The van der Waals surface area contributed by atoms with Gasteiger partial charge in [0.15, 0.2) is 0 Å². The van der Waals surface area contributed by atoms with E-state index in [9.17, 15) is 15.2 Å². The second-order valence-electron chi connectivity index (χ2n) is 9.61. The Kier molecular flexibility index (Phi) is 7.45. The minimum absolute atomic E-state index is 0.00894. The monoisotopic (exact) mass is 496 g/mol. The van der Waals surface area contributed by atoms with E-state index < -0.39 is 0 Å². The molecule has 0 saturated carbocycles. The SMILES string of the molecule is CCCc1c(Cc2cccc(-c3ccccc3)c2C#N)c(=O)n(C2CCN(CCO)CC2)c2ncnn12. The molecule has 2 aromatic carbocycles. The van der Waals surface area contributed by atoms with Gasteiger partial charge >= 0.3 is 0 Å². The molecule has 0 amide bonds. The molecule has 1 aliphatic heterocycles. The molecule has 1 N–H and O–H groups in total. The number of hydrogen-bond donors (Lipinski definition) is 1. The van der Waals surface area contributed by atoms with Gasteiger partial charge in [-0.3, -0.25) is 9.36 Å². The fourth-order valence-corrected chi connectivity index (χ4v) is 5.55. The molecule has 0 atom stereocenters. The number of β-amino-alcohol motifs (C(OH)–C–C–N with tert-alkyl or cyclic N) is 1. The molecule has 1 fully saturated rings. The van der Waals surface area contributed by atoms with E-state index in [-0.39, 0.29) is 18.2 Å². The van der Waals surface area contributed by atoms with Crippen LogP contribution in [0.5, 0.6) is 0 Å². The van der Waals surface area contributed by atoms with Crippen LogP contribution in [0.2, 0.25) is 0 Å². The molecular formula is C29H32N6O2. The van der Waals surface area contributed by atoms with Gasteiger partial charge in [0.2, 0.25) is 5.78 Å². The van der Waals surface area contributed by atoms with Gasteiger partial charge < -0.3 is 10.0 Å². The summed E-state index contributed by atoms with van der Waals surface area (Å²) in [6.07, 6.45) is 5.05. The van der Waals surface area contributed by atoms with Crippen LogP contribution in [0.15, 0.2) is 59.7 Å². The van der Waals surface area contributed by atoms with E-state index in [1.807, 2.05) is 57.6 Å². The standard InChI is InChI=1S/C29H32N6O2/c1-2-7-27-25(18-22-10-6-11-24(26(22)19-30)21-8-4-3-5-9-21)28(37)34(29-31-20-32-35(27)29)23-12-14-33(15-13-23)16-17-36/h3-6,8-11,20,23,36H,2,7,12-18H2,1H3. The van der Waals surface area contributed by atoms with Gasteiger partial charge in [-0.25, -0.2) is 4.52 Å². The number of likely N-dealkylation sites (tertiary alicyclic amines) is 1. The number of aliphatic hydroxyl groups is 1. The van der Waals surface area contributed by atoms with Crippen molar-refractivity contribution in [2.24, 2.45) is 0 Å². The second-order valence-corrected chi connectivity index (χ2v) is 9.61. The molecule has 8 nitrogen and oxygen atoms in total.